The first kappa shape index (κ1) is 25.0. The molecule has 34 heavy (non-hydrogen) atoms. The van der Waals surface area contributed by atoms with E-state index in [4.69, 9.17) is 0 Å². The number of likely N-dealkylation sites (tertiary alicyclic amines) is 1. The lowest BCUT2D eigenvalue weighted by atomic mass is 9.66. The van der Waals surface area contributed by atoms with Crippen molar-refractivity contribution in [1.29, 1.82) is 0 Å². The number of hydrogen-bond donors (Lipinski definition) is 3. The van der Waals surface area contributed by atoms with Crippen LogP contribution in [0, 0.1) is 37.5 Å². The number of benzene rings is 1. The molecule has 3 aliphatic heterocycles. The third kappa shape index (κ3) is 3.56. The SMILES string of the molecule is CC[C@H](C)[C@H](CO)N1C(=O)[C@@H]2[C@H](C(=O)NC)[C@@H]3CC(C)C2(S3)C1C(=O)Nc1cc(C)ccc1C. The molecule has 3 saturated heterocycles. The molecule has 3 aliphatic rings. The summed E-state index contributed by atoms with van der Waals surface area (Å²) in [7, 11) is 1.60. The number of anilines is 1. The second-order valence-corrected chi connectivity index (χ2v) is 11.9. The van der Waals surface area contributed by atoms with E-state index in [1.807, 2.05) is 45.9 Å². The molecule has 7 nitrogen and oxygen atoms in total. The molecule has 1 aromatic rings. The maximum absolute atomic E-state index is 14.1. The number of aliphatic hydroxyl groups excluding tert-OH is 1. The highest BCUT2D eigenvalue weighted by molar-refractivity contribution is 8.02. The fraction of sp³-hybridized carbons (Fsp3) is 0.654. The molecule has 3 heterocycles. The molecule has 8 atom stereocenters. The summed E-state index contributed by atoms with van der Waals surface area (Å²) in [6, 6.07) is 4.68. The molecule has 3 N–H and O–H groups in total. The van der Waals surface area contributed by atoms with Crippen molar-refractivity contribution in [2.45, 2.75) is 69.5 Å². The predicted octanol–water partition coefficient (Wildman–Crippen LogP) is 2.73. The van der Waals surface area contributed by atoms with E-state index in [9.17, 15) is 19.5 Å². The topological polar surface area (TPSA) is 98.7 Å². The first-order valence-corrected chi connectivity index (χ1v) is 13.2. The number of carbonyl (C=O) groups is 3. The lowest BCUT2D eigenvalue weighted by Crippen LogP contribution is -2.58. The van der Waals surface area contributed by atoms with E-state index in [0.717, 1.165) is 29.7 Å². The number of carbonyl (C=O) groups excluding carboxylic acids is 3. The average Bonchev–Trinajstić information content (AvgIpc) is 3.40. The van der Waals surface area contributed by atoms with Crippen LogP contribution in [0.4, 0.5) is 5.69 Å². The lowest BCUT2D eigenvalue weighted by molar-refractivity contribution is -0.143. The molecule has 3 unspecified atom stereocenters. The van der Waals surface area contributed by atoms with Crippen molar-refractivity contribution in [3.8, 4) is 0 Å². The Morgan fingerprint density at radius 2 is 2.00 bits per heavy atom. The van der Waals surface area contributed by atoms with Gasteiger partial charge in [0.05, 0.1) is 29.2 Å². The summed E-state index contributed by atoms with van der Waals surface area (Å²) in [5.41, 5.74) is 2.71. The molecule has 1 aromatic carbocycles. The van der Waals surface area contributed by atoms with Gasteiger partial charge in [-0.25, -0.2) is 0 Å². The van der Waals surface area contributed by atoms with Crippen LogP contribution in [0.3, 0.4) is 0 Å². The number of thioether (sulfide) groups is 1. The molecular weight excluding hydrogens is 450 g/mol. The second kappa shape index (κ2) is 9.19. The third-order valence-electron chi connectivity index (χ3n) is 8.48. The quantitative estimate of drug-likeness (QED) is 0.549. The normalized spacial score (nSPS) is 33.6. The molecule has 3 amide bonds. The minimum Gasteiger partial charge on any atom is -0.394 e. The molecular formula is C26H37N3O4S. The van der Waals surface area contributed by atoms with Gasteiger partial charge < -0.3 is 20.6 Å². The van der Waals surface area contributed by atoms with Crippen molar-refractivity contribution in [2.24, 2.45) is 23.7 Å². The zero-order valence-corrected chi connectivity index (χ0v) is 21.7. The smallest absolute Gasteiger partial charge is 0.248 e. The van der Waals surface area contributed by atoms with Crippen molar-refractivity contribution < 1.29 is 19.5 Å². The van der Waals surface area contributed by atoms with Gasteiger partial charge in [0.15, 0.2) is 0 Å². The fourth-order valence-electron chi connectivity index (χ4n) is 6.47. The van der Waals surface area contributed by atoms with Gasteiger partial charge in [-0.05, 0) is 49.3 Å². The first-order chi connectivity index (χ1) is 16.1. The van der Waals surface area contributed by atoms with Crippen LogP contribution in [0.25, 0.3) is 0 Å². The Hall–Kier alpha value is -2.06. The third-order valence-corrected chi connectivity index (χ3v) is 10.6. The number of aliphatic hydroxyl groups is 1. The predicted molar refractivity (Wildman–Crippen MR) is 134 cm³/mol. The fourth-order valence-corrected chi connectivity index (χ4v) is 8.88. The molecule has 0 radical (unpaired) electrons. The lowest BCUT2D eigenvalue weighted by Gasteiger charge is -2.41. The van der Waals surface area contributed by atoms with Crippen LogP contribution in [0.5, 0.6) is 0 Å². The van der Waals surface area contributed by atoms with E-state index in [0.29, 0.717) is 0 Å². The minimum atomic E-state index is -0.754. The number of rotatable bonds is 7. The number of nitrogens with one attached hydrogen (secondary N) is 2. The van der Waals surface area contributed by atoms with Gasteiger partial charge >= 0.3 is 0 Å². The van der Waals surface area contributed by atoms with Crippen LogP contribution in [-0.2, 0) is 14.4 Å². The summed E-state index contributed by atoms with van der Waals surface area (Å²) < 4.78 is -0.693. The maximum Gasteiger partial charge on any atom is 0.248 e. The van der Waals surface area contributed by atoms with E-state index in [1.54, 1.807) is 23.7 Å². The molecule has 186 valence electrons. The summed E-state index contributed by atoms with van der Waals surface area (Å²) in [4.78, 5) is 42.8. The van der Waals surface area contributed by atoms with Crippen LogP contribution in [0.1, 0.15) is 44.7 Å². The highest BCUT2D eigenvalue weighted by atomic mass is 32.2. The molecule has 0 saturated carbocycles. The van der Waals surface area contributed by atoms with Gasteiger partial charge in [0, 0.05) is 18.0 Å². The van der Waals surface area contributed by atoms with Gasteiger partial charge in [-0.2, -0.15) is 0 Å². The van der Waals surface area contributed by atoms with E-state index in [1.165, 1.54) is 0 Å². The number of nitrogens with zero attached hydrogens (tertiary/aromatic N) is 1. The van der Waals surface area contributed by atoms with Crippen LogP contribution in [0.2, 0.25) is 0 Å². The van der Waals surface area contributed by atoms with Crippen molar-refractivity contribution in [3.63, 3.8) is 0 Å². The molecule has 0 aliphatic carbocycles. The monoisotopic (exact) mass is 487 g/mol. The molecule has 4 rings (SSSR count). The summed E-state index contributed by atoms with van der Waals surface area (Å²) in [6.45, 7) is 9.84. The Bertz CT molecular complexity index is 1000. The average molecular weight is 488 g/mol. The van der Waals surface area contributed by atoms with Crippen LogP contribution >= 0.6 is 11.8 Å². The Balaban J connectivity index is 1.83. The van der Waals surface area contributed by atoms with Gasteiger partial charge in [0.1, 0.15) is 6.04 Å². The van der Waals surface area contributed by atoms with E-state index in [2.05, 4.69) is 17.6 Å². The summed E-state index contributed by atoms with van der Waals surface area (Å²) in [5, 5.41) is 16.3. The van der Waals surface area contributed by atoms with Crippen molar-refractivity contribution in [3.05, 3.63) is 29.3 Å². The number of aryl methyl sites for hydroxylation is 2. The van der Waals surface area contributed by atoms with Crippen molar-refractivity contribution in [2.75, 3.05) is 19.0 Å². The summed E-state index contributed by atoms with van der Waals surface area (Å²) >= 11 is 1.65. The van der Waals surface area contributed by atoms with E-state index >= 15 is 0 Å². The first-order valence-electron chi connectivity index (χ1n) is 12.3. The van der Waals surface area contributed by atoms with Gasteiger partial charge in [-0.3, -0.25) is 14.4 Å². The zero-order chi connectivity index (χ0) is 24.9. The molecule has 0 aromatic heterocycles. The largest absolute Gasteiger partial charge is 0.394 e. The standard InChI is InChI=1S/C26H37N3O4S/c1-7-14(3)18(12-30)29-22(24(32)28-17-10-13(2)8-9-15(17)4)26-16(5)11-19(34-26)20(23(31)27-6)21(26)25(29)33/h8-10,14,16,18-22,30H,7,11-12H2,1-6H3,(H,27,31)(H,28,32)/t14-,16?,18-,19-,20+,21-,22?,26?/m0/s1. The van der Waals surface area contributed by atoms with Gasteiger partial charge in [0.25, 0.3) is 0 Å². The number of hydrogen-bond acceptors (Lipinski definition) is 5. The summed E-state index contributed by atoms with van der Waals surface area (Å²) in [5.74, 6) is -1.47. The van der Waals surface area contributed by atoms with Gasteiger partial charge in [-0.1, -0.05) is 39.3 Å². The highest BCUT2D eigenvalue weighted by Gasteiger charge is 2.76. The maximum atomic E-state index is 14.1. The summed E-state index contributed by atoms with van der Waals surface area (Å²) in [6.07, 6.45) is 1.56. The Morgan fingerprint density at radius 1 is 1.29 bits per heavy atom. The van der Waals surface area contributed by atoms with Crippen molar-refractivity contribution in [1.82, 2.24) is 10.2 Å². The zero-order valence-electron chi connectivity index (χ0n) is 20.9. The Labute approximate surface area is 206 Å². The van der Waals surface area contributed by atoms with E-state index < -0.39 is 28.7 Å². The van der Waals surface area contributed by atoms with Crippen LogP contribution < -0.4 is 10.6 Å². The number of amides is 3. The van der Waals surface area contributed by atoms with Gasteiger partial charge in [-0.15, -0.1) is 11.8 Å². The second-order valence-electron chi connectivity index (χ2n) is 10.4. The Morgan fingerprint density at radius 3 is 2.62 bits per heavy atom. The molecule has 3 fully saturated rings. The number of fused-ring (bicyclic) bond motifs is 1. The van der Waals surface area contributed by atoms with Crippen molar-refractivity contribution >= 4 is 35.2 Å². The molecule has 8 heteroatoms. The Kier molecular flexibility index (Phi) is 6.77. The molecule has 1 spiro atoms. The van der Waals surface area contributed by atoms with Gasteiger partial charge in [0.2, 0.25) is 17.7 Å². The molecule has 2 bridgehead atoms. The minimum absolute atomic E-state index is 0.0103. The van der Waals surface area contributed by atoms with Crippen LogP contribution in [0.15, 0.2) is 18.2 Å². The van der Waals surface area contributed by atoms with E-state index in [-0.39, 0.29) is 41.4 Å². The highest BCUT2D eigenvalue weighted by Crippen LogP contribution is 2.69. The van der Waals surface area contributed by atoms with Crippen LogP contribution in [-0.4, -0.2) is 63.5 Å².